The van der Waals surface area contributed by atoms with E-state index < -0.39 is 0 Å². The number of hydrogen-bond acceptors (Lipinski definition) is 5. The van der Waals surface area contributed by atoms with Gasteiger partial charge in [0, 0.05) is 6.61 Å². The van der Waals surface area contributed by atoms with Gasteiger partial charge in [0.15, 0.2) is 0 Å². The zero-order valence-electron chi connectivity index (χ0n) is 6.90. The summed E-state index contributed by atoms with van der Waals surface area (Å²) in [5.41, 5.74) is 0. The molecule has 0 aromatic carbocycles. The summed E-state index contributed by atoms with van der Waals surface area (Å²) < 4.78 is 18.4. The predicted octanol–water partition coefficient (Wildman–Crippen LogP) is 1.75. The number of hydrogen-bond donors (Lipinski definition) is 0. The fourth-order valence-electron chi connectivity index (χ4n) is 1.20. The second kappa shape index (κ2) is 4.21. The lowest BCUT2D eigenvalue weighted by molar-refractivity contribution is 0.0667. The van der Waals surface area contributed by atoms with E-state index in [9.17, 15) is 0 Å². The van der Waals surface area contributed by atoms with Gasteiger partial charge in [0.1, 0.15) is 6.61 Å². The maximum absolute atomic E-state index is 5.70. The Morgan fingerprint density at radius 3 is 3.15 bits per heavy atom. The zero-order valence-corrected chi connectivity index (χ0v) is 8.48. The highest BCUT2D eigenvalue weighted by Gasteiger charge is 2.17. The Hall–Kier alpha value is -0.390. The van der Waals surface area contributed by atoms with Crippen LogP contribution in [0.25, 0.3) is 0 Å². The molecule has 72 valence electrons. The lowest BCUT2D eigenvalue weighted by atomic mass is 10.2. The van der Waals surface area contributed by atoms with E-state index in [1.165, 1.54) is 0 Å². The van der Waals surface area contributed by atoms with Gasteiger partial charge in [-0.25, -0.2) is 0 Å². The number of halogens is 1. The SMILES string of the molecule is Clc1nsnc1OCC1CCCO1. The van der Waals surface area contributed by atoms with Gasteiger partial charge in [0.05, 0.1) is 17.8 Å². The van der Waals surface area contributed by atoms with Crippen molar-refractivity contribution in [2.24, 2.45) is 0 Å². The van der Waals surface area contributed by atoms with Gasteiger partial charge in [-0.3, -0.25) is 0 Å². The van der Waals surface area contributed by atoms with Crippen LogP contribution in [-0.4, -0.2) is 28.1 Å². The van der Waals surface area contributed by atoms with Crippen LogP contribution in [0.15, 0.2) is 0 Å². The van der Waals surface area contributed by atoms with Crippen molar-refractivity contribution in [2.75, 3.05) is 13.2 Å². The van der Waals surface area contributed by atoms with E-state index in [0.29, 0.717) is 17.6 Å². The van der Waals surface area contributed by atoms with Crippen molar-refractivity contribution in [3.8, 4) is 5.88 Å². The molecule has 0 N–H and O–H groups in total. The van der Waals surface area contributed by atoms with E-state index in [2.05, 4.69) is 8.75 Å². The molecule has 0 bridgehead atoms. The highest BCUT2D eigenvalue weighted by molar-refractivity contribution is 6.99. The maximum atomic E-state index is 5.70. The molecule has 0 amide bonds. The largest absolute Gasteiger partial charge is 0.472 e. The molecular formula is C7H9ClN2O2S. The van der Waals surface area contributed by atoms with E-state index in [1.54, 1.807) is 0 Å². The lowest BCUT2D eigenvalue weighted by Gasteiger charge is -2.08. The van der Waals surface area contributed by atoms with Crippen molar-refractivity contribution >= 4 is 23.3 Å². The quantitative estimate of drug-likeness (QED) is 0.779. The molecule has 1 aliphatic heterocycles. The fourth-order valence-corrected chi connectivity index (χ4v) is 1.85. The van der Waals surface area contributed by atoms with E-state index >= 15 is 0 Å². The Morgan fingerprint density at radius 1 is 1.62 bits per heavy atom. The molecule has 2 rings (SSSR count). The third-order valence-corrected chi connectivity index (χ3v) is 2.71. The molecule has 2 heterocycles. The number of aromatic nitrogens is 2. The molecule has 1 aliphatic rings. The maximum Gasteiger partial charge on any atom is 0.265 e. The van der Waals surface area contributed by atoms with Gasteiger partial charge in [0.2, 0.25) is 5.15 Å². The normalized spacial score (nSPS) is 22.1. The Kier molecular flexibility index (Phi) is 2.97. The minimum Gasteiger partial charge on any atom is -0.472 e. The molecule has 0 aliphatic carbocycles. The molecule has 13 heavy (non-hydrogen) atoms. The van der Waals surface area contributed by atoms with Crippen LogP contribution < -0.4 is 4.74 Å². The summed E-state index contributed by atoms with van der Waals surface area (Å²) in [4.78, 5) is 0. The summed E-state index contributed by atoms with van der Waals surface area (Å²) in [5, 5.41) is 0.336. The molecule has 1 aromatic heterocycles. The molecule has 1 aromatic rings. The minimum absolute atomic E-state index is 0.192. The number of rotatable bonds is 3. The average Bonchev–Trinajstić information content (AvgIpc) is 2.72. The molecule has 1 atom stereocenters. The van der Waals surface area contributed by atoms with Gasteiger partial charge in [-0.2, -0.15) is 4.37 Å². The highest BCUT2D eigenvalue weighted by Crippen LogP contribution is 2.21. The van der Waals surface area contributed by atoms with Crippen LogP contribution in [0.4, 0.5) is 0 Å². The Labute approximate surface area is 85.1 Å². The van der Waals surface area contributed by atoms with Crippen molar-refractivity contribution in [1.82, 2.24) is 8.75 Å². The van der Waals surface area contributed by atoms with Crippen LogP contribution in [0, 0.1) is 0 Å². The van der Waals surface area contributed by atoms with Crippen molar-refractivity contribution in [3.05, 3.63) is 5.15 Å². The van der Waals surface area contributed by atoms with E-state index in [4.69, 9.17) is 21.1 Å². The molecule has 1 unspecified atom stereocenters. The molecule has 6 heteroatoms. The fraction of sp³-hybridized carbons (Fsp3) is 0.714. The van der Waals surface area contributed by atoms with Gasteiger partial charge in [0.25, 0.3) is 5.88 Å². The Morgan fingerprint density at radius 2 is 2.54 bits per heavy atom. The summed E-state index contributed by atoms with van der Waals surface area (Å²) in [6, 6.07) is 0. The van der Waals surface area contributed by atoms with Crippen LogP contribution in [0.3, 0.4) is 0 Å². The summed E-state index contributed by atoms with van der Waals surface area (Å²) in [6.07, 6.45) is 2.35. The van der Waals surface area contributed by atoms with Gasteiger partial charge < -0.3 is 9.47 Å². The van der Waals surface area contributed by atoms with Crippen molar-refractivity contribution in [3.63, 3.8) is 0 Å². The zero-order chi connectivity index (χ0) is 9.10. The van der Waals surface area contributed by atoms with E-state index in [1.807, 2.05) is 0 Å². The first-order valence-corrected chi connectivity index (χ1v) is 5.19. The highest BCUT2D eigenvalue weighted by atomic mass is 35.5. The van der Waals surface area contributed by atoms with Crippen molar-refractivity contribution in [1.29, 1.82) is 0 Å². The standard InChI is InChI=1S/C7H9ClN2O2S/c8-6-7(10-13-9-6)12-4-5-2-1-3-11-5/h5H,1-4H2. The van der Waals surface area contributed by atoms with Crippen LogP contribution in [0.1, 0.15) is 12.8 Å². The topological polar surface area (TPSA) is 44.2 Å². The first kappa shape index (κ1) is 9.18. The molecule has 4 nitrogen and oxygen atoms in total. The third kappa shape index (κ3) is 2.30. The van der Waals surface area contributed by atoms with E-state index in [0.717, 1.165) is 31.2 Å². The second-order valence-electron chi connectivity index (χ2n) is 2.81. The van der Waals surface area contributed by atoms with Crippen LogP contribution >= 0.6 is 23.3 Å². The monoisotopic (exact) mass is 220 g/mol. The summed E-state index contributed by atoms with van der Waals surface area (Å²) >= 11 is 6.75. The van der Waals surface area contributed by atoms with Crippen LogP contribution in [0.5, 0.6) is 5.88 Å². The molecular weight excluding hydrogens is 212 g/mol. The summed E-state index contributed by atoms with van der Waals surface area (Å²) in [7, 11) is 0. The predicted molar refractivity (Wildman–Crippen MR) is 49.4 cm³/mol. The average molecular weight is 221 g/mol. The second-order valence-corrected chi connectivity index (χ2v) is 3.69. The minimum atomic E-state index is 0.192. The molecule has 1 saturated heterocycles. The van der Waals surface area contributed by atoms with Crippen LogP contribution in [0.2, 0.25) is 5.15 Å². The van der Waals surface area contributed by atoms with E-state index in [-0.39, 0.29) is 6.10 Å². The van der Waals surface area contributed by atoms with Gasteiger partial charge in [-0.15, -0.1) is 4.37 Å². The lowest BCUT2D eigenvalue weighted by Crippen LogP contribution is -2.16. The molecule has 1 fully saturated rings. The first-order chi connectivity index (χ1) is 6.36. The first-order valence-electron chi connectivity index (χ1n) is 4.09. The summed E-state index contributed by atoms with van der Waals surface area (Å²) in [5.74, 6) is 0.419. The number of nitrogens with zero attached hydrogens (tertiary/aromatic N) is 2. The Balaban J connectivity index is 1.82. The van der Waals surface area contributed by atoms with Crippen molar-refractivity contribution < 1.29 is 9.47 Å². The van der Waals surface area contributed by atoms with Gasteiger partial charge >= 0.3 is 0 Å². The molecule has 0 radical (unpaired) electrons. The molecule has 0 saturated carbocycles. The van der Waals surface area contributed by atoms with Crippen LogP contribution in [-0.2, 0) is 4.74 Å². The molecule has 0 spiro atoms. The summed E-state index contributed by atoms with van der Waals surface area (Å²) in [6.45, 7) is 1.35. The Bertz CT molecular complexity index is 275. The number of ether oxygens (including phenoxy) is 2. The smallest absolute Gasteiger partial charge is 0.265 e. The van der Waals surface area contributed by atoms with Crippen molar-refractivity contribution in [2.45, 2.75) is 18.9 Å². The third-order valence-electron chi connectivity index (χ3n) is 1.85. The van der Waals surface area contributed by atoms with Gasteiger partial charge in [-0.05, 0) is 12.8 Å². The van der Waals surface area contributed by atoms with Gasteiger partial charge in [-0.1, -0.05) is 11.6 Å².